The fourth-order valence-corrected chi connectivity index (χ4v) is 12.2. The molecule has 0 saturated heterocycles. The van der Waals surface area contributed by atoms with Crippen molar-refractivity contribution in [1.29, 1.82) is 0 Å². The summed E-state index contributed by atoms with van der Waals surface area (Å²) in [5.41, 5.74) is 0. The summed E-state index contributed by atoms with van der Waals surface area (Å²) in [7, 11) is -9.91. The van der Waals surface area contributed by atoms with E-state index in [0.29, 0.717) is 25.7 Å². The van der Waals surface area contributed by atoms with Gasteiger partial charge in [0.25, 0.3) is 0 Å². The van der Waals surface area contributed by atoms with Gasteiger partial charge in [0, 0.05) is 25.7 Å². The van der Waals surface area contributed by atoms with Gasteiger partial charge in [-0.25, -0.2) is 9.13 Å². The molecule has 0 spiro atoms. The molecule has 0 heterocycles. The molecule has 17 nitrogen and oxygen atoms in total. The summed E-state index contributed by atoms with van der Waals surface area (Å²) in [4.78, 5) is 72.6. The van der Waals surface area contributed by atoms with Gasteiger partial charge in [-0.15, -0.1) is 0 Å². The maximum Gasteiger partial charge on any atom is 0.472 e. The van der Waals surface area contributed by atoms with Gasteiger partial charge in [-0.1, -0.05) is 299 Å². The van der Waals surface area contributed by atoms with E-state index in [-0.39, 0.29) is 25.7 Å². The highest BCUT2D eigenvalue weighted by Gasteiger charge is 2.30. The summed E-state index contributed by atoms with van der Waals surface area (Å²) in [6.07, 6.45) is 43.0. The maximum absolute atomic E-state index is 13.0. The number of esters is 4. The Labute approximate surface area is 549 Å². The smallest absolute Gasteiger partial charge is 0.462 e. The summed E-state index contributed by atoms with van der Waals surface area (Å²) in [5, 5.41) is 10.6. The Balaban J connectivity index is 5.26. The highest BCUT2D eigenvalue weighted by molar-refractivity contribution is 7.47. The number of rotatable bonds is 68. The normalized spacial score (nSPS) is 14.9. The van der Waals surface area contributed by atoms with Crippen LogP contribution in [0.1, 0.15) is 351 Å². The van der Waals surface area contributed by atoms with E-state index in [1.807, 2.05) is 0 Å². The van der Waals surface area contributed by atoms with E-state index in [9.17, 15) is 43.2 Å². The molecule has 0 aliphatic heterocycles. The van der Waals surface area contributed by atoms with Gasteiger partial charge < -0.3 is 33.8 Å². The molecule has 0 saturated carbocycles. The van der Waals surface area contributed by atoms with Gasteiger partial charge in [0.05, 0.1) is 26.4 Å². The summed E-state index contributed by atoms with van der Waals surface area (Å²) in [5.74, 6) is 0.908. The van der Waals surface area contributed by atoms with Gasteiger partial charge >= 0.3 is 39.5 Å². The second kappa shape index (κ2) is 60.7. The van der Waals surface area contributed by atoms with Crippen LogP contribution in [0.4, 0.5) is 0 Å². The zero-order valence-electron chi connectivity index (χ0n) is 58.8. The average molecular weight is 1330 g/mol. The van der Waals surface area contributed by atoms with E-state index in [1.54, 1.807) is 0 Å². The van der Waals surface area contributed by atoms with Crippen molar-refractivity contribution in [3.63, 3.8) is 0 Å². The lowest BCUT2D eigenvalue weighted by molar-refractivity contribution is -0.161. The van der Waals surface area contributed by atoms with E-state index < -0.39 is 97.5 Å². The first kappa shape index (κ1) is 88.1. The number of hydrogen-bond acceptors (Lipinski definition) is 15. The predicted octanol–water partition coefficient (Wildman–Crippen LogP) is 20.1. The van der Waals surface area contributed by atoms with Crippen LogP contribution in [0.15, 0.2) is 0 Å². The number of phosphoric ester groups is 2. The van der Waals surface area contributed by atoms with Gasteiger partial charge in [0.2, 0.25) is 0 Å². The molecule has 0 radical (unpaired) electrons. The van der Waals surface area contributed by atoms with Crippen LogP contribution < -0.4 is 0 Å². The molecule has 0 fully saturated rings. The number of ether oxygens (including phenoxy) is 4. The third-order valence-corrected chi connectivity index (χ3v) is 18.9. The van der Waals surface area contributed by atoms with E-state index in [2.05, 4.69) is 55.4 Å². The van der Waals surface area contributed by atoms with Crippen LogP contribution in [0.2, 0.25) is 0 Å². The predicted molar refractivity (Wildman–Crippen MR) is 363 cm³/mol. The maximum atomic E-state index is 13.0. The Kier molecular flexibility index (Phi) is 59.4. The van der Waals surface area contributed by atoms with Crippen molar-refractivity contribution < 1.29 is 80.2 Å². The first-order chi connectivity index (χ1) is 43.2. The Hall–Kier alpha value is -1.94. The molecule has 534 valence electrons. The number of hydrogen-bond donors (Lipinski definition) is 3. The number of phosphoric acid groups is 2. The van der Waals surface area contributed by atoms with Crippen molar-refractivity contribution in [2.75, 3.05) is 39.6 Å². The van der Waals surface area contributed by atoms with Crippen LogP contribution in [0, 0.1) is 23.7 Å². The van der Waals surface area contributed by atoms with Crippen LogP contribution in [0.3, 0.4) is 0 Å². The molecule has 5 unspecified atom stereocenters. The Morgan fingerprint density at radius 3 is 0.789 bits per heavy atom. The summed E-state index contributed by atoms with van der Waals surface area (Å²) >= 11 is 0. The number of aliphatic hydroxyl groups excluding tert-OH is 1. The number of aliphatic hydroxyl groups is 1. The molecular formula is C71H138O17P2. The fraction of sp³-hybridized carbons (Fsp3) is 0.944. The second-order valence-electron chi connectivity index (χ2n) is 27.1. The molecule has 0 amide bonds. The van der Waals surface area contributed by atoms with Crippen LogP contribution >= 0.6 is 15.6 Å². The third-order valence-electron chi connectivity index (χ3n) is 17.0. The summed E-state index contributed by atoms with van der Waals surface area (Å²) in [6.45, 7) is 14.1. The Morgan fingerprint density at radius 1 is 0.311 bits per heavy atom. The lowest BCUT2D eigenvalue weighted by atomic mass is 9.99. The highest BCUT2D eigenvalue weighted by Crippen LogP contribution is 2.45. The molecular weight excluding hydrogens is 1190 g/mol. The van der Waals surface area contributed by atoms with Crippen LogP contribution in [-0.2, 0) is 65.4 Å². The van der Waals surface area contributed by atoms with Crippen LogP contribution in [-0.4, -0.2) is 96.7 Å². The van der Waals surface area contributed by atoms with Gasteiger partial charge in [-0.05, 0) is 49.4 Å². The highest BCUT2D eigenvalue weighted by atomic mass is 31.2. The van der Waals surface area contributed by atoms with Gasteiger partial charge in [-0.3, -0.25) is 37.3 Å². The van der Waals surface area contributed by atoms with Gasteiger partial charge in [0.1, 0.15) is 19.3 Å². The average Bonchev–Trinajstić information content (AvgIpc) is 3.29. The van der Waals surface area contributed by atoms with Crippen molar-refractivity contribution in [2.45, 2.75) is 369 Å². The zero-order valence-corrected chi connectivity index (χ0v) is 60.6. The lowest BCUT2D eigenvalue weighted by Gasteiger charge is -2.21. The minimum absolute atomic E-state index is 0.105. The van der Waals surface area contributed by atoms with Gasteiger partial charge in [0.15, 0.2) is 12.2 Å². The molecule has 7 atom stereocenters. The molecule has 0 bridgehead atoms. The van der Waals surface area contributed by atoms with Crippen LogP contribution in [0.25, 0.3) is 0 Å². The Morgan fingerprint density at radius 2 is 0.533 bits per heavy atom. The van der Waals surface area contributed by atoms with Crippen molar-refractivity contribution in [3.05, 3.63) is 0 Å². The quantitative estimate of drug-likeness (QED) is 0.0222. The van der Waals surface area contributed by atoms with Crippen molar-refractivity contribution in [1.82, 2.24) is 0 Å². The first-order valence-electron chi connectivity index (χ1n) is 36.8. The molecule has 0 aromatic rings. The largest absolute Gasteiger partial charge is 0.472 e. The molecule has 19 heteroatoms. The molecule has 90 heavy (non-hydrogen) atoms. The van der Waals surface area contributed by atoms with Crippen molar-refractivity contribution >= 4 is 39.5 Å². The minimum atomic E-state index is -4.95. The third kappa shape index (κ3) is 62.2. The van der Waals surface area contributed by atoms with Crippen LogP contribution in [0.5, 0.6) is 0 Å². The minimum Gasteiger partial charge on any atom is -0.462 e. The van der Waals surface area contributed by atoms with E-state index >= 15 is 0 Å². The molecule has 0 aromatic carbocycles. The standard InChI is InChI=1S/C71H138O17P2/c1-9-63(7)49-41-33-25-18-15-16-20-28-38-46-54-71(76)87-66(57-81-68(73)51-43-35-26-22-21-24-32-40-48-62(5)6)59-85-89(77,78)83-55-65(72)56-84-90(79,80)86-60-67(58-82-69(74)52-44-36-30-29-34-42-50-64(8)10-2)88-70(75)53-45-37-27-19-14-12-11-13-17-23-31-39-47-61(3)4/h61-67,72H,9-60H2,1-8H3,(H,77,78)(H,79,80)/t63?,64?,65?,66-,67-/m1/s1. The second-order valence-corrected chi connectivity index (χ2v) is 30.0. The van der Waals surface area contributed by atoms with Crippen molar-refractivity contribution in [2.24, 2.45) is 23.7 Å². The topological polar surface area (TPSA) is 237 Å². The fourth-order valence-electron chi connectivity index (χ4n) is 10.6. The monoisotopic (exact) mass is 1320 g/mol. The number of unbranched alkanes of at least 4 members (excludes halogenated alkanes) is 32. The molecule has 0 aliphatic carbocycles. The van der Waals surface area contributed by atoms with E-state index in [4.69, 9.17) is 37.0 Å². The van der Waals surface area contributed by atoms with E-state index in [0.717, 1.165) is 120 Å². The molecule has 0 aromatic heterocycles. The lowest BCUT2D eigenvalue weighted by Crippen LogP contribution is -2.30. The summed E-state index contributed by atoms with van der Waals surface area (Å²) in [6, 6.07) is 0. The number of carbonyl (C=O) groups is 4. The molecule has 0 aliphatic rings. The Bertz CT molecular complexity index is 1790. The summed E-state index contributed by atoms with van der Waals surface area (Å²) < 4.78 is 68.3. The first-order valence-corrected chi connectivity index (χ1v) is 39.8. The molecule has 0 rings (SSSR count). The molecule has 3 N–H and O–H groups in total. The number of carbonyl (C=O) groups excluding carboxylic acids is 4. The SMILES string of the molecule is CCC(C)CCCCCCCCCCCCC(=O)O[C@H](COC(=O)CCCCCCCCCCC(C)C)COP(=O)(O)OCC(O)COP(=O)(O)OC[C@@H](COC(=O)CCCCCCCCC(C)CC)OC(=O)CCCCCCCCCCCCCCC(C)C. The van der Waals surface area contributed by atoms with Gasteiger partial charge in [-0.2, -0.15) is 0 Å². The van der Waals surface area contributed by atoms with E-state index in [1.165, 1.54) is 148 Å². The van der Waals surface area contributed by atoms with Crippen molar-refractivity contribution in [3.8, 4) is 0 Å². The zero-order chi connectivity index (χ0) is 66.8.